The van der Waals surface area contributed by atoms with Crippen molar-refractivity contribution in [1.29, 1.82) is 0 Å². The minimum absolute atomic E-state index is 0.0521. The van der Waals surface area contributed by atoms with Crippen LogP contribution in [0.2, 0.25) is 0 Å². The summed E-state index contributed by atoms with van der Waals surface area (Å²) in [5.41, 5.74) is 0. The van der Waals surface area contributed by atoms with Crippen molar-refractivity contribution in [1.82, 2.24) is 15.1 Å². The van der Waals surface area contributed by atoms with Crippen molar-refractivity contribution >= 4 is 11.9 Å². The van der Waals surface area contributed by atoms with E-state index >= 15 is 0 Å². The predicted octanol–water partition coefficient (Wildman–Crippen LogP) is 0.0225. The van der Waals surface area contributed by atoms with Crippen LogP contribution in [-0.4, -0.2) is 54.0 Å². The molecule has 0 bridgehead atoms. The number of hydrogen-bond acceptors (Lipinski definition) is 2. The summed E-state index contributed by atoms with van der Waals surface area (Å²) in [6, 6.07) is 0.374. The van der Waals surface area contributed by atoms with Crippen molar-refractivity contribution in [2.24, 2.45) is 0 Å². The van der Waals surface area contributed by atoms with Crippen LogP contribution in [0.1, 0.15) is 19.8 Å². The molecule has 2 aliphatic rings. The zero-order chi connectivity index (χ0) is 10.8. The van der Waals surface area contributed by atoms with Gasteiger partial charge in [-0.05, 0) is 12.8 Å². The molecule has 15 heavy (non-hydrogen) atoms. The van der Waals surface area contributed by atoms with Crippen LogP contribution in [0.5, 0.6) is 0 Å². The van der Waals surface area contributed by atoms with E-state index in [1.54, 1.807) is 6.92 Å². The molecule has 2 saturated heterocycles. The Morgan fingerprint density at radius 3 is 2.47 bits per heavy atom. The van der Waals surface area contributed by atoms with Crippen LogP contribution in [0, 0.1) is 0 Å². The molecule has 0 unspecified atom stereocenters. The monoisotopic (exact) mass is 211 g/mol. The maximum atomic E-state index is 11.4. The fourth-order valence-electron chi connectivity index (χ4n) is 2.33. The number of amides is 3. The molecule has 0 aromatic heterocycles. The molecular weight excluding hydrogens is 194 g/mol. The van der Waals surface area contributed by atoms with E-state index in [1.807, 2.05) is 9.80 Å². The molecule has 3 amide bonds. The van der Waals surface area contributed by atoms with Crippen LogP contribution in [0.25, 0.3) is 0 Å². The van der Waals surface area contributed by atoms with Gasteiger partial charge in [0, 0.05) is 39.1 Å². The van der Waals surface area contributed by atoms with Crippen LogP contribution in [-0.2, 0) is 4.79 Å². The van der Waals surface area contributed by atoms with Gasteiger partial charge in [-0.1, -0.05) is 0 Å². The van der Waals surface area contributed by atoms with E-state index in [0.29, 0.717) is 6.04 Å². The Labute approximate surface area is 89.4 Å². The summed E-state index contributed by atoms with van der Waals surface area (Å²) in [6.07, 6.45) is 1.82. The summed E-state index contributed by atoms with van der Waals surface area (Å²) >= 11 is 0. The lowest BCUT2D eigenvalue weighted by molar-refractivity contribution is -0.130. The number of likely N-dealkylation sites (tertiary alicyclic amines) is 1. The first-order chi connectivity index (χ1) is 7.18. The van der Waals surface area contributed by atoms with Crippen LogP contribution in [0.15, 0.2) is 0 Å². The molecular formula is C10H17N3O2. The number of rotatable bonds is 1. The van der Waals surface area contributed by atoms with Crippen molar-refractivity contribution in [3.05, 3.63) is 0 Å². The van der Waals surface area contributed by atoms with Crippen molar-refractivity contribution in [3.8, 4) is 0 Å². The lowest BCUT2D eigenvalue weighted by atomic mass is 10.0. The Balaban J connectivity index is 1.87. The third kappa shape index (κ3) is 2.06. The molecule has 0 atom stereocenters. The van der Waals surface area contributed by atoms with Gasteiger partial charge in [0.15, 0.2) is 0 Å². The molecule has 2 aliphatic heterocycles. The highest BCUT2D eigenvalue weighted by Gasteiger charge is 2.30. The molecule has 2 fully saturated rings. The largest absolute Gasteiger partial charge is 0.343 e. The van der Waals surface area contributed by atoms with Crippen LogP contribution in [0.3, 0.4) is 0 Å². The Morgan fingerprint density at radius 1 is 1.33 bits per heavy atom. The Morgan fingerprint density at radius 2 is 2.00 bits per heavy atom. The summed E-state index contributed by atoms with van der Waals surface area (Å²) in [5.74, 6) is 0.138. The first-order valence-corrected chi connectivity index (χ1v) is 5.48. The first kappa shape index (κ1) is 10.3. The SMILES string of the molecule is CC(=O)N1CCC(N2CCNC2=O)CC1. The zero-order valence-corrected chi connectivity index (χ0v) is 9.03. The highest BCUT2D eigenvalue weighted by atomic mass is 16.2. The fourth-order valence-corrected chi connectivity index (χ4v) is 2.33. The zero-order valence-electron chi connectivity index (χ0n) is 9.03. The standard InChI is InChI=1S/C10H17N3O2/c1-8(14)12-5-2-9(3-6-12)13-7-4-11-10(13)15/h9H,2-7H2,1H3,(H,11,15). The molecule has 0 saturated carbocycles. The average Bonchev–Trinajstić information content (AvgIpc) is 2.65. The maximum Gasteiger partial charge on any atom is 0.317 e. The second kappa shape index (κ2) is 4.08. The van der Waals surface area contributed by atoms with Crippen LogP contribution >= 0.6 is 0 Å². The second-order valence-corrected chi connectivity index (χ2v) is 4.16. The number of urea groups is 1. The number of hydrogen-bond donors (Lipinski definition) is 1. The van der Waals surface area contributed by atoms with E-state index in [9.17, 15) is 9.59 Å². The number of nitrogens with one attached hydrogen (secondary N) is 1. The highest BCUT2D eigenvalue weighted by molar-refractivity contribution is 5.76. The summed E-state index contributed by atoms with van der Waals surface area (Å²) in [7, 11) is 0. The van der Waals surface area contributed by atoms with Gasteiger partial charge < -0.3 is 15.1 Å². The number of carbonyl (C=O) groups excluding carboxylic acids is 2. The topological polar surface area (TPSA) is 52.7 Å². The fraction of sp³-hybridized carbons (Fsp3) is 0.800. The Bertz CT molecular complexity index is 272. The highest BCUT2D eigenvalue weighted by Crippen LogP contribution is 2.18. The molecule has 0 aliphatic carbocycles. The summed E-state index contributed by atoms with van der Waals surface area (Å²) in [4.78, 5) is 26.3. The van der Waals surface area contributed by atoms with Crippen molar-refractivity contribution in [2.45, 2.75) is 25.8 Å². The molecule has 0 spiro atoms. The number of nitrogens with zero attached hydrogens (tertiary/aromatic N) is 2. The number of carbonyl (C=O) groups is 2. The van der Waals surface area contributed by atoms with Crippen molar-refractivity contribution < 1.29 is 9.59 Å². The molecule has 0 radical (unpaired) electrons. The van der Waals surface area contributed by atoms with E-state index < -0.39 is 0 Å². The lowest BCUT2D eigenvalue weighted by Gasteiger charge is -2.35. The van der Waals surface area contributed by atoms with Gasteiger partial charge in [0.05, 0.1) is 0 Å². The lowest BCUT2D eigenvalue weighted by Crippen LogP contribution is -2.47. The van der Waals surface area contributed by atoms with E-state index in [-0.39, 0.29) is 11.9 Å². The summed E-state index contributed by atoms with van der Waals surface area (Å²) in [5, 5.41) is 2.81. The summed E-state index contributed by atoms with van der Waals surface area (Å²) in [6.45, 7) is 4.73. The Kier molecular flexibility index (Phi) is 2.79. The van der Waals surface area contributed by atoms with Crippen molar-refractivity contribution in [2.75, 3.05) is 26.2 Å². The quantitative estimate of drug-likeness (QED) is 0.665. The molecule has 1 N–H and O–H groups in total. The minimum atomic E-state index is 0.0521. The van der Waals surface area contributed by atoms with Gasteiger partial charge in [0.2, 0.25) is 5.91 Å². The smallest absolute Gasteiger partial charge is 0.317 e. The van der Waals surface area contributed by atoms with Gasteiger partial charge in [0.25, 0.3) is 0 Å². The van der Waals surface area contributed by atoms with E-state index in [0.717, 1.165) is 39.0 Å². The molecule has 2 heterocycles. The number of piperidine rings is 1. The first-order valence-electron chi connectivity index (χ1n) is 5.48. The summed E-state index contributed by atoms with van der Waals surface area (Å²) < 4.78 is 0. The molecule has 5 nitrogen and oxygen atoms in total. The molecule has 0 aromatic rings. The predicted molar refractivity (Wildman–Crippen MR) is 55.4 cm³/mol. The van der Waals surface area contributed by atoms with Gasteiger partial charge >= 0.3 is 6.03 Å². The normalized spacial score (nSPS) is 23.1. The van der Waals surface area contributed by atoms with Gasteiger partial charge in [-0.2, -0.15) is 0 Å². The third-order valence-corrected chi connectivity index (χ3v) is 3.24. The second-order valence-electron chi connectivity index (χ2n) is 4.16. The minimum Gasteiger partial charge on any atom is -0.343 e. The van der Waals surface area contributed by atoms with Crippen molar-refractivity contribution in [3.63, 3.8) is 0 Å². The van der Waals surface area contributed by atoms with Gasteiger partial charge in [0.1, 0.15) is 0 Å². The van der Waals surface area contributed by atoms with E-state index in [1.165, 1.54) is 0 Å². The Hall–Kier alpha value is -1.26. The maximum absolute atomic E-state index is 11.4. The van der Waals surface area contributed by atoms with Crippen LogP contribution < -0.4 is 5.32 Å². The molecule has 84 valence electrons. The molecule has 2 rings (SSSR count). The van der Waals surface area contributed by atoms with E-state index in [4.69, 9.17) is 0 Å². The average molecular weight is 211 g/mol. The van der Waals surface area contributed by atoms with E-state index in [2.05, 4.69) is 5.32 Å². The molecule has 5 heteroatoms. The van der Waals surface area contributed by atoms with Crippen LogP contribution in [0.4, 0.5) is 4.79 Å². The van der Waals surface area contributed by atoms with Gasteiger partial charge in [-0.25, -0.2) is 4.79 Å². The molecule has 0 aromatic carbocycles. The third-order valence-electron chi connectivity index (χ3n) is 3.24. The van der Waals surface area contributed by atoms with Gasteiger partial charge in [-0.3, -0.25) is 4.79 Å². The van der Waals surface area contributed by atoms with Gasteiger partial charge in [-0.15, -0.1) is 0 Å².